The lowest BCUT2D eigenvalue weighted by Crippen LogP contribution is -2.25. The van der Waals surface area contributed by atoms with Gasteiger partial charge >= 0.3 is 0 Å². The van der Waals surface area contributed by atoms with Crippen LogP contribution in [0.4, 0.5) is 0 Å². The van der Waals surface area contributed by atoms with Gasteiger partial charge in [0.2, 0.25) is 5.88 Å². The molecule has 0 aliphatic heterocycles. The number of benzene rings is 1. The number of rotatable bonds is 9. The van der Waals surface area contributed by atoms with E-state index in [1.165, 1.54) is 0 Å². The van der Waals surface area contributed by atoms with Gasteiger partial charge in [0.05, 0.1) is 18.0 Å². The Labute approximate surface area is 165 Å². The minimum Gasteiger partial charge on any atom is -0.474 e. The molecule has 3 rings (SSSR count). The molecule has 0 saturated heterocycles. The third kappa shape index (κ3) is 4.99. The van der Waals surface area contributed by atoms with E-state index in [0.717, 1.165) is 49.4 Å². The molecule has 1 aromatic carbocycles. The Morgan fingerprint density at radius 3 is 2.74 bits per heavy atom. The number of halogens is 1. The Bertz CT molecular complexity index is 875. The molecule has 1 unspecified atom stereocenters. The molecule has 3 aromatic rings. The zero-order valence-electron chi connectivity index (χ0n) is 16.2. The van der Waals surface area contributed by atoms with Crippen LogP contribution in [0.5, 0.6) is 5.88 Å². The molecule has 0 fully saturated rings. The second-order valence-corrected chi connectivity index (χ2v) is 7.13. The molecule has 0 aliphatic carbocycles. The van der Waals surface area contributed by atoms with Crippen molar-refractivity contribution in [3.63, 3.8) is 0 Å². The molecular formula is C21H27ClN4O. The number of hydrogen-bond donors (Lipinski definition) is 0. The predicted octanol–water partition coefficient (Wildman–Crippen LogP) is 4.94. The Morgan fingerprint density at radius 1 is 1.19 bits per heavy atom. The van der Waals surface area contributed by atoms with Crippen molar-refractivity contribution in [2.45, 2.75) is 39.7 Å². The summed E-state index contributed by atoms with van der Waals surface area (Å²) in [5, 5.41) is 5.33. The Morgan fingerprint density at radius 2 is 2.00 bits per heavy atom. The smallest absolute Gasteiger partial charge is 0.232 e. The van der Waals surface area contributed by atoms with Crippen LogP contribution in [0, 0.1) is 0 Å². The van der Waals surface area contributed by atoms with Crippen molar-refractivity contribution < 1.29 is 4.74 Å². The fourth-order valence-electron chi connectivity index (χ4n) is 3.17. The average Bonchev–Trinajstić information content (AvgIpc) is 3.08. The van der Waals surface area contributed by atoms with E-state index in [2.05, 4.69) is 35.8 Å². The normalized spacial score (nSPS) is 12.6. The van der Waals surface area contributed by atoms with Crippen LogP contribution in [0.15, 0.2) is 42.6 Å². The minimum atomic E-state index is 0.114. The summed E-state index contributed by atoms with van der Waals surface area (Å²) in [5.74, 6) is 0.610. The van der Waals surface area contributed by atoms with Gasteiger partial charge in [-0.2, -0.15) is 0 Å². The SMILES string of the molecule is CCN(CC)CCCC(C)Oc1ccc2ncc(-c3cccc(Cl)c3)n2n1. The highest BCUT2D eigenvalue weighted by Gasteiger charge is 2.11. The van der Waals surface area contributed by atoms with E-state index in [0.29, 0.717) is 10.9 Å². The van der Waals surface area contributed by atoms with Crippen LogP contribution in [0.3, 0.4) is 0 Å². The maximum Gasteiger partial charge on any atom is 0.232 e. The summed E-state index contributed by atoms with van der Waals surface area (Å²) in [6.07, 6.45) is 4.04. The second kappa shape index (κ2) is 9.20. The lowest BCUT2D eigenvalue weighted by molar-refractivity contribution is 0.186. The van der Waals surface area contributed by atoms with E-state index in [-0.39, 0.29) is 6.10 Å². The molecule has 6 heteroatoms. The van der Waals surface area contributed by atoms with Gasteiger partial charge in [0, 0.05) is 16.7 Å². The van der Waals surface area contributed by atoms with Gasteiger partial charge in [-0.05, 0) is 57.6 Å². The molecule has 0 radical (unpaired) electrons. The third-order valence-corrected chi connectivity index (χ3v) is 4.99. The zero-order chi connectivity index (χ0) is 19.2. The molecule has 0 amide bonds. The minimum absolute atomic E-state index is 0.114. The van der Waals surface area contributed by atoms with Gasteiger partial charge < -0.3 is 9.64 Å². The number of hydrogen-bond acceptors (Lipinski definition) is 4. The molecule has 27 heavy (non-hydrogen) atoms. The van der Waals surface area contributed by atoms with Crippen molar-refractivity contribution in [1.82, 2.24) is 19.5 Å². The first kappa shape index (κ1) is 19.6. The molecule has 0 saturated carbocycles. The highest BCUT2D eigenvalue weighted by molar-refractivity contribution is 6.30. The van der Waals surface area contributed by atoms with E-state index in [9.17, 15) is 0 Å². The summed E-state index contributed by atoms with van der Waals surface area (Å²) in [4.78, 5) is 6.86. The fraction of sp³-hybridized carbons (Fsp3) is 0.429. The van der Waals surface area contributed by atoms with Crippen molar-refractivity contribution in [1.29, 1.82) is 0 Å². The van der Waals surface area contributed by atoms with Gasteiger partial charge in [-0.1, -0.05) is 37.6 Å². The first-order valence-corrected chi connectivity index (χ1v) is 9.98. The Balaban J connectivity index is 1.70. The summed E-state index contributed by atoms with van der Waals surface area (Å²) in [6, 6.07) is 11.5. The van der Waals surface area contributed by atoms with Crippen LogP contribution in [-0.4, -0.2) is 45.2 Å². The first-order chi connectivity index (χ1) is 13.1. The Hall–Kier alpha value is -2.11. The summed E-state index contributed by atoms with van der Waals surface area (Å²) in [5.41, 5.74) is 2.66. The van der Waals surface area contributed by atoms with Gasteiger partial charge in [0.15, 0.2) is 5.65 Å². The van der Waals surface area contributed by atoms with Crippen molar-refractivity contribution in [3.8, 4) is 17.1 Å². The van der Waals surface area contributed by atoms with Crippen LogP contribution in [0.1, 0.15) is 33.6 Å². The third-order valence-electron chi connectivity index (χ3n) is 4.76. The van der Waals surface area contributed by atoms with Crippen LogP contribution >= 0.6 is 11.6 Å². The molecule has 2 heterocycles. The summed E-state index contributed by atoms with van der Waals surface area (Å²) >= 11 is 6.13. The zero-order valence-corrected chi connectivity index (χ0v) is 17.0. The molecule has 0 aliphatic rings. The van der Waals surface area contributed by atoms with Gasteiger partial charge in [-0.25, -0.2) is 9.50 Å². The maximum absolute atomic E-state index is 6.13. The molecule has 144 valence electrons. The van der Waals surface area contributed by atoms with Crippen LogP contribution in [-0.2, 0) is 0 Å². The molecule has 2 aromatic heterocycles. The number of aromatic nitrogens is 3. The second-order valence-electron chi connectivity index (χ2n) is 6.69. The lowest BCUT2D eigenvalue weighted by Gasteiger charge is -2.19. The van der Waals surface area contributed by atoms with Crippen LogP contribution in [0.25, 0.3) is 16.9 Å². The lowest BCUT2D eigenvalue weighted by atomic mass is 10.2. The van der Waals surface area contributed by atoms with Crippen molar-refractivity contribution >= 4 is 17.2 Å². The van der Waals surface area contributed by atoms with Gasteiger partial charge in [0.25, 0.3) is 0 Å². The van der Waals surface area contributed by atoms with Crippen LogP contribution in [0.2, 0.25) is 5.02 Å². The highest BCUT2D eigenvalue weighted by atomic mass is 35.5. The molecular weight excluding hydrogens is 360 g/mol. The van der Waals surface area contributed by atoms with E-state index in [1.54, 1.807) is 0 Å². The molecule has 0 bridgehead atoms. The maximum atomic E-state index is 6.13. The summed E-state index contributed by atoms with van der Waals surface area (Å²) in [6.45, 7) is 9.79. The highest BCUT2D eigenvalue weighted by Crippen LogP contribution is 2.24. The van der Waals surface area contributed by atoms with Gasteiger partial charge in [-0.3, -0.25) is 0 Å². The van der Waals surface area contributed by atoms with Crippen LogP contribution < -0.4 is 4.74 Å². The van der Waals surface area contributed by atoms with Crippen molar-refractivity contribution in [2.24, 2.45) is 0 Å². The average molecular weight is 387 g/mol. The molecule has 0 N–H and O–H groups in total. The number of nitrogens with zero attached hydrogens (tertiary/aromatic N) is 4. The molecule has 0 spiro atoms. The van der Waals surface area contributed by atoms with E-state index in [1.807, 2.05) is 47.1 Å². The number of fused-ring (bicyclic) bond motifs is 1. The summed E-state index contributed by atoms with van der Waals surface area (Å²) < 4.78 is 7.86. The van der Waals surface area contributed by atoms with E-state index >= 15 is 0 Å². The standard InChI is InChI=1S/C21H27ClN4O/c1-4-25(5-2)13-7-8-16(3)27-21-12-11-20-23-15-19(26(20)24-21)17-9-6-10-18(22)14-17/h6,9-12,14-16H,4-5,7-8,13H2,1-3H3. The molecule has 1 atom stereocenters. The van der Waals surface area contributed by atoms with Crippen molar-refractivity contribution in [3.05, 3.63) is 47.6 Å². The molecule has 5 nitrogen and oxygen atoms in total. The fourth-order valence-corrected chi connectivity index (χ4v) is 3.36. The monoisotopic (exact) mass is 386 g/mol. The first-order valence-electron chi connectivity index (χ1n) is 9.60. The summed E-state index contributed by atoms with van der Waals surface area (Å²) in [7, 11) is 0. The number of ether oxygens (including phenoxy) is 1. The van der Waals surface area contributed by atoms with Gasteiger partial charge in [0.1, 0.15) is 0 Å². The Kier molecular flexibility index (Phi) is 6.69. The number of imidazole rings is 1. The van der Waals surface area contributed by atoms with Gasteiger partial charge in [-0.15, -0.1) is 5.10 Å². The largest absolute Gasteiger partial charge is 0.474 e. The van der Waals surface area contributed by atoms with Crippen molar-refractivity contribution in [2.75, 3.05) is 19.6 Å². The van der Waals surface area contributed by atoms with E-state index in [4.69, 9.17) is 16.3 Å². The topological polar surface area (TPSA) is 42.7 Å². The van der Waals surface area contributed by atoms with E-state index < -0.39 is 0 Å². The quantitative estimate of drug-likeness (QED) is 0.522. The predicted molar refractivity (Wildman–Crippen MR) is 111 cm³/mol.